The van der Waals surface area contributed by atoms with Crippen LogP contribution in [0.25, 0.3) is 0 Å². The molecule has 2 N–H and O–H groups in total. The molecule has 0 saturated carbocycles. The van der Waals surface area contributed by atoms with Crippen LogP contribution in [0.2, 0.25) is 0 Å². The fourth-order valence-corrected chi connectivity index (χ4v) is 2.98. The van der Waals surface area contributed by atoms with E-state index in [4.69, 9.17) is 4.74 Å². The summed E-state index contributed by atoms with van der Waals surface area (Å²) < 4.78 is 5.06. The monoisotopic (exact) mass is 361 g/mol. The molecule has 2 rings (SSSR count). The van der Waals surface area contributed by atoms with Gasteiger partial charge >= 0.3 is 6.03 Å². The van der Waals surface area contributed by atoms with E-state index in [0.29, 0.717) is 17.9 Å². The Bertz CT molecular complexity index is 659. The Balaban J connectivity index is 1.92. The molecule has 1 aromatic carbocycles. The molecule has 1 aromatic rings. The van der Waals surface area contributed by atoms with Gasteiger partial charge < -0.3 is 15.4 Å². The fraction of sp³-hybridized carbons (Fsp3) is 0.526. The molecule has 0 bridgehead atoms. The van der Waals surface area contributed by atoms with Crippen LogP contribution in [-0.2, 0) is 9.59 Å². The van der Waals surface area contributed by atoms with Crippen molar-refractivity contribution in [3.8, 4) is 5.75 Å². The number of anilines is 1. The van der Waals surface area contributed by atoms with Gasteiger partial charge in [-0.2, -0.15) is 0 Å². The first-order valence-electron chi connectivity index (χ1n) is 8.97. The summed E-state index contributed by atoms with van der Waals surface area (Å²) >= 11 is 0. The average Bonchev–Trinajstić information content (AvgIpc) is 2.83. The van der Waals surface area contributed by atoms with Gasteiger partial charge in [-0.15, -0.1) is 0 Å². The molecule has 26 heavy (non-hydrogen) atoms. The predicted octanol–water partition coefficient (Wildman–Crippen LogP) is 2.91. The lowest BCUT2D eigenvalue weighted by Crippen LogP contribution is -2.44. The van der Waals surface area contributed by atoms with Crippen LogP contribution in [0.4, 0.5) is 10.5 Å². The Labute approximate surface area is 154 Å². The first-order valence-corrected chi connectivity index (χ1v) is 8.97. The van der Waals surface area contributed by atoms with Crippen molar-refractivity contribution < 1.29 is 19.1 Å². The fourth-order valence-electron chi connectivity index (χ4n) is 2.98. The number of hydrogen-bond donors (Lipinski definition) is 2. The van der Waals surface area contributed by atoms with Gasteiger partial charge in [0.2, 0.25) is 5.91 Å². The zero-order valence-electron chi connectivity index (χ0n) is 15.6. The molecule has 1 atom stereocenters. The lowest BCUT2D eigenvalue weighted by molar-refractivity contribution is -0.133. The molecule has 0 spiro atoms. The lowest BCUT2D eigenvalue weighted by atomic mass is 9.94. The number of rotatable bonds is 9. The first kappa shape index (κ1) is 19.8. The number of nitrogens with one attached hydrogen (secondary N) is 2. The van der Waals surface area contributed by atoms with Crippen molar-refractivity contribution in [1.82, 2.24) is 10.2 Å². The highest BCUT2D eigenvalue weighted by Crippen LogP contribution is 2.24. The molecule has 4 amide bonds. The quantitative estimate of drug-likeness (QED) is 0.523. The SMILES string of the molecule is CCCCCCC1(C)NC(=O)N(CC(=O)Nc2ccc(OC)cc2)C1=O. The number of amides is 4. The summed E-state index contributed by atoms with van der Waals surface area (Å²) in [6, 6.07) is 6.31. The van der Waals surface area contributed by atoms with Gasteiger partial charge in [-0.1, -0.05) is 32.6 Å². The van der Waals surface area contributed by atoms with E-state index in [1.807, 2.05) is 0 Å². The van der Waals surface area contributed by atoms with Crippen LogP contribution in [0.1, 0.15) is 46.0 Å². The number of nitrogens with zero attached hydrogens (tertiary/aromatic N) is 1. The minimum atomic E-state index is -0.925. The summed E-state index contributed by atoms with van der Waals surface area (Å²) in [4.78, 5) is 38.0. The molecule has 1 aliphatic rings. The minimum Gasteiger partial charge on any atom is -0.497 e. The Morgan fingerprint density at radius 2 is 1.88 bits per heavy atom. The third-order valence-corrected chi connectivity index (χ3v) is 4.55. The number of carbonyl (C=O) groups excluding carboxylic acids is 3. The molecular weight excluding hydrogens is 334 g/mol. The normalized spacial score (nSPS) is 19.4. The van der Waals surface area contributed by atoms with E-state index in [1.54, 1.807) is 38.3 Å². The molecule has 7 heteroatoms. The number of ether oxygens (including phenoxy) is 1. The smallest absolute Gasteiger partial charge is 0.325 e. The molecule has 1 heterocycles. The number of benzene rings is 1. The topological polar surface area (TPSA) is 87.7 Å². The molecule has 1 aliphatic heterocycles. The zero-order valence-corrected chi connectivity index (χ0v) is 15.6. The average molecular weight is 361 g/mol. The third-order valence-electron chi connectivity index (χ3n) is 4.55. The second-order valence-corrected chi connectivity index (χ2v) is 6.74. The third kappa shape index (κ3) is 4.74. The van der Waals surface area contributed by atoms with E-state index in [0.717, 1.165) is 30.6 Å². The molecule has 142 valence electrons. The molecule has 0 radical (unpaired) electrons. The van der Waals surface area contributed by atoms with Gasteiger partial charge in [0, 0.05) is 5.69 Å². The maximum absolute atomic E-state index is 12.6. The second-order valence-electron chi connectivity index (χ2n) is 6.74. The second kappa shape index (κ2) is 8.69. The molecule has 1 saturated heterocycles. The van der Waals surface area contributed by atoms with Gasteiger partial charge in [-0.3, -0.25) is 14.5 Å². The Morgan fingerprint density at radius 1 is 1.19 bits per heavy atom. The Morgan fingerprint density at radius 3 is 2.50 bits per heavy atom. The standard InChI is InChI=1S/C19H27N3O4/c1-4-5-6-7-12-19(2)17(24)22(18(25)21-19)13-16(23)20-14-8-10-15(26-3)11-9-14/h8-11H,4-7,12-13H2,1-3H3,(H,20,23)(H,21,25). The molecule has 1 fully saturated rings. The molecule has 7 nitrogen and oxygen atoms in total. The number of unbranched alkanes of at least 4 members (excludes halogenated alkanes) is 3. The first-order chi connectivity index (χ1) is 12.4. The van der Waals surface area contributed by atoms with Crippen molar-refractivity contribution in [1.29, 1.82) is 0 Å². The number of imide groups is 1. The van der Waals surface area contributed by atoms with Crippen molar-refractivity contribution in [2.75, 3.05) is 19.0 Å². The van der Waals surface area contributed by atoms with Crippen LogP contribution in [0.15, 0.2) is 24.3 Å². The molecule has 0 aromatic heterocycles. The summed E-state index contributed by atoms with van der Waals surface area (Å²) in [5, 5.41) is 5.41. The van der Waals surface area contributed by atoms with Gasteiger partial charge in [0.15, 0.2) is 0 Å². The predicted molar refractivity (Wildman–Crippen MR) is 99.0 cm³/mol. The highest BCUT2D eigenvalue weighted by Gasteiger charge is 2.47. The summed E-state index contributed by atoms with van der Waals surface area (Å²) in [6.45, 7) is 3.54. The van der Waals surface area contributed by atoms with Crippen LogP contribution < -0.4 is 15.4 Å². The lowest BCUT2D eigenvalue weighted by Gasteiger charge is -2.21. The van der Waals surface area contributed by atoms with E-state index in [9.17, 15) is 14.4 Å². The molecule has 0 aliphatic carbocycles. The van der Waals surface area contributed by atoms with Gasteiger partial charge in [0.05, 0.1) is 7.11 Å². The molecule has 1 unspecified atom stereocenters. The van der Waals surface area contributed by atoms with Crippen LogP contribution in [0, 0.1) is 0 Å². The highest BCUT2D eigenvalue weighted by molar-refractivity contribution is 6.09. The van der Waals surface area contributed by atoms with Gasteiger partial charge in [0.1, 0.15) is 17.8 Å². The van der Waals surface area contributed by atoms with Crippen LogP contribution >= 0.6 is 0 Å². The van der Waals surface area contributed by atoms with E-state index < -0.39 is 17.5 Å². The number of hydrogen-bond acceptors (Lipinski definition) is 4. The van der Waals surface area contributed by atoms with Crippen molar-refractivity contribution in [2.45, 2.75) is 51.5 Å². The Hall–Kier alpha value is -2.57. The van der Waals surface area contributed by atoms with E-state index in [-0.39, 0.29) is 12.5 Å². The van der Waals surface area contributed by atoms with Crippen LogP contribution in [0.3, 0.4) is 0 Å². The van der Waals surface area contributed by atoms with Gasteiger partial charge in [-0.05, 0) is 37.6 Å². The summed E-state index contributed by atoms with van der Waals surface area (Å²) in [5.74, 6) is -0.0892. The van der Waals surface area contributed by atoms with Gasteiger partial charge in [-0.25, -0.2) is 4.79 Å². The minimum absolute atomic E-state index is 0.304. The highest BCUT2D eigenvalue weighted by atomic mass is 16.5. The van der Waals surface area contributed by atoms with Crippen LogP contribution in [-0.4, -0.2) is 41.9 Å². The van der Waals surface area contributed by atoms with Crippen LogP contribution in [0.5, 0.6) is 5.75 Å². The summed E-state index contributed by atoms with van der Waals surface area (Å²) in [6.07, 6.45) is 4.67. The number of methoxy groups -OCH3 is 1. The van der Waals surface area contributed by atoms with Crippen molar-refractivity contribution in [3.63, 3.8) is 0 Å². The van der Waals surface area contributed by atoms with E-state index in [2.05, 4.69) is 17.6 Å². The van der Waals surface area contributed by atoms with Gasteiger partial charge in [0.25, 0.3) is 5.91 Å². The van der Waals surface area contributed by atoms with Crippen molar-refractivity contribution >= 4 is 23.5 Å². The van der Waals surface area contributed by atoms with Crippen molar-refractivity contribution in [3.05, 3.63) is 24.3 Å². The largest absolute Gasteiger partial charge is 0.497 e. The summed E-state index contributed by atoms with van der Waals surface area (Å²) in [5.41, 5.74) is -0.351. The molecular formula is C19H27N3O4. The van der Waals surface area contributed by atoms with E-state index in [1.165, 1.54) is 0 Å². The maximum Gasteiger partial charge on any atom is 0.325 e. The summed E-state index contributed by atoms with van der Waals surface area (Å²) in [7, 11) is 1.56. The maximum atomic E-state index is 12.6. The zero-order chi connectivity index (χ0) is 19.2. The van der Waals surface area contributed by atoms with E-state index >= 15 is 0 Å². The number of carbonyl (C=O) groups is 3. The number of urea groups is 1. The van der Waals surface area contributed by atoms with Crippen molar-refractivity contribution in [2.24, 2.45) is 0 Å². The Kier molecular flexibility index (Phi) is 6.60.